The van der Waals surface area contributed by atoms with Crippen molar-refractivity contribution in [2.75, 3.05) is 19.5 Å². The van der Waals surface area contributed by atoms with Gasteiger partial charge in [0.1, 0.15) is 5.69 Å². The first kappa shape index (κ1) is 23.0. The Bertz CT molecular complexity index is 1180. The van der Waals surface area contributed by atoms with E-state index in [-0.39, 0.29) is 34.6 Å². The van der Waals surface area contributed by atoms with Gasteiger partial charge in [-0.15, -0.1) is 0 Å². The molecule has 164 valence electrons. The number of nitrogens with one attached hydrogen (secondary N) is 1. The van der Waals surface area contributed by atoms with Crippen molar-refractivity contribution >= 4 is 39.2 Å². The summed E-state index contributed by atoms with van der Waals surface area (Å²) in [6, 6.07) is 16.6. The molecule has 0 spiro atoms. The zero-order valence-corrected chi connectivity index (χ0v) is 18.8. The third-order valence-electron chi connectivity index (χ3n) is 4.77. The molecule has 3 aromatic carbocycles. The van der Waals surface area contributed by atoms with Gasteiger partial charge in [0.25, 0.3) is 0 Å². The number of ether oxygens (including phenoxy) is 2. The van der Waals surface area contributed by atoms with Gasteiger partial charge in [0.15, 0.2) is 0 Å². The van der Waals surface area contributed by atoms with Crippen molar-refractivity contribution in [1.29, 1.82) is 0 Å². The fourth-order valence-electron chi connectivity index (χ4n) is 3.26. The van der Waals surface area contributed by atoms with Crippen molar-refractivity contribution in [2.45, 2.75) is 6.54 Å². The van der Waals surface area contributed by atoms with Gasteiger partial charge in [-0.05, 0) is 35.9 Å². The molecule has 0 bridgehead atoms. The first-order chi connectivity index (χ1) is 15.4. The van der Waals surface area contributed by atoms with Crippen LogP contribution in [0, 0.1) is 10.1 Å². The fraction of sp³-hybridized carbons (Fsp3) is 0.130. The lowest BCUT2D eigenvalue weighted by Gasteiger charge is -2.15. The molecule has 0 fully saturated rings. The number of nitro benzene ring substituents is 1. The van der Waals surface area contributed by atoms with Crippen LogP contribution in [0.5, 0.6) is 0 Å². The highest BCUT2D eigenvalue weighted by molar-refractivity contribution is 9.10. The van der Waals surface area contributed by atoms with Gasteiger partial charge in [-0.3, -0.25) is 10.1 Å². The molecule has 3 rings (SSSR count). The maximum Gasteiger partial charge on any atom is 0.340 e. The largest absolute Gasteiger partial charge is 0.465 e. The summed E-state index contributed by atoms with van der Waals surface area (Å²) in [5.41, 5.74) is 1.16. The van der Waals surface area contributed by atoms with Gasteiger partial charge in [0.05, 0.1) is 35.8 Å². The van der Waals surface area contributed by atoms with E-state index >= 15 is 0 Å². The number of benzene rings is 3. The minimum atomic E-state index is -0.723. The van der Waals surface area contributed by atoms with Gasteiger partial charge < -0.3 is 14.8 Å². The van der Waals surface area contributed by atoms with Crippen molar-refractivity contribution < 1.29 is 24.0 Å². The molecule has 0 heterocycles. The summed E-state index contributed by atoms with van der Waals surface area (Å²) in [6.45, 7) is 0.222. The number of hydrogen-bond acceptors (Lipinski definition) is 7. The van der Waals surface area contributed by atoms with Gasteiger partial charge in [-0.2, -0.15) is 0 Å². The number of anilines is 1. The number of nitrogens with zero attached hydrogens (tertiary/aromatic N) is 1. The molecule has 0 aliphatic rings. The van der Waals surface area contributed by atoms with E-state index < -0.39 is 16.9 Å². The summed E-state index contributed by atoms with van der Waals surface area (Å²) in [7, 11) is 2.44. The van der Waals surface area contributed by atoms with E-state index in [0.29, 0.717) is 5.56 Å². The molecule has 0 saturated carbocycles. The lowest BCUT2D eigenvalue weighted by molar-refractivity contribution is -0.383. The van der Waals surface area contributed by atoms with Crippen LogP contribution in [-0.4, -0.2) is 31.1 Å². The summed E-state index contributed by atoms with van der Waals surface area (Å²) in [5, 5.41) is 15.2. The Morgan fingerprint density at radius 3 is 2.16 bits per heavy atom. The number of hydrogen-bond donors (Lipinski definition) is 1. The molecule has 0 atom stereocenters. The van der Waals surface area contributed by atoms with E-state index in [1.54, 1.807) is 18.2 Å². The highest BCUT2D eigenvalue weighted by Crippen LogP contribution is 2.40. The molecule has 1 N–H and O–H groups in total. The maximum absolute atomic E-state index is 12.4. The Labute approximate surface area is 192 Å². The van der Waals surface area contributed by atoms with Gasteiger partial charge in [0.2, 0.25) is 0 Å². The Hall–Kier alpha value is -3.72. The number of carbonyl (C=O) groups is 2. The van der Waals surface area contributed by atoms with E-state index in [4.69, 9.17) is 9.47 Å². The number of esters is 2. The summed E-state index contributed by atoms with van der Waals surface area (Å²) in [5.74, 6) is -1.35. The molecule has 32 heavy (non-hydrogen) atoms. The molecule has 0 aliphatic heterocycles. The fourth-order valence-corrected chi connectivity index (χ4v) is 3.52. The minimum absolute atomic E-state index is 0.00179. The molecule has 0 radical (unpaired) electrons. The highest BCUT2D eigenvalue weighted by Gasteiger charge is 2.29. The van der Waals surface area contributed by atoms with E-state index in [2.05, 4.69) is 21.2 Å². The average molecular weight is 499 g/mol. The highest BCUT2D eigenvalue weighted by atomic mass is 79.9. The molecular formula is C23H19BrN2O6. The number of nitro groups is 1. The molecule has 3 aromatic rings. The van der Waals surface area contributed by atoms with E-state index in [0.717, 1.165) is 10.0 Å². The Kier molecular flexibility index (Phi) is 7.21. The van der Waals surface area contributed by atoms with Crippen molar-refractivity contribution in [3.8, 4) is 11.1 Å². The predicted molar refractivity (Wildman–Crippen MR) is 123 cm³/mol. The van der Waals surface area contributed by atoms with E-state index in [1.807, 2.05) is 24.3 Å². The third kappa shape index (κ3) is 4.78. The van der Waals surface area contributed by atoms with Crippen molar-refractivity contribution in [1.82, 2.24) is 0 Å². The second-order valence-corrected chi connectivity index (χ2v) is 7.57. The van der Waals surface area contributed by atoms with Crippen molar-refractivity contribution in [3.63, 3.8) is 0 Å². The van der Waals surface area contributed by atoms with Gasteiger partial charge in [-0.1, -0.05) is 46.3 Å². The quantitative estimate of drug-likeness (QED) is 0.270. The predicted octanol–water partition coefficient (Wildman–Crippen LogP) is 5.21. The van der Waals surface area contributed by atoms with Crippen LogP contribution in [0.1, 0.15) is 26.3 Å². The molecule has 0 amide bonds. The van der Waals surface area contributed by atoms with E-state index in [9.17, 15) is 19.7 Å². The van der Waals surface area contributed by atoms with Gasteiger partial charge in [-0.25, -0.2) is 9.59 Å². The van der Waals surface area contributed by atoms with Gasteiger partial charge in [0, 0.05) is 16.6 Å². The van der Waals surface area contributed by atoms with Crippen LogP contribution in [0.2, 0.25) is 0 Å². The maximum atomic E-state index is 12.4. The van der Waals surface area contributed by atoms with Crippen LogP contribution in [0.25, 0.3) is 11.1 Å². The smallest absolute Gasteiger partial charge is 0.340 e. The minimum Gasteiger partial charge on any atom is -0.465 e. The Morgan fingerprint density at radius 2 is 1.53 bits per heavy atom. The first-order valence-corrected chi connectivity index (χ1v) is 10.2. The zero-order valence-electron chi connectivity index (χ0n) is 17.3. The monoisotopic (exact) mass is 498 g/mol. The van der Waals surface area contributed by atoms with Crippen LogP contribution in [-0.2, 0) is 16.0 Å². The van der Waals surface area contributed by atoms with Crippen LogP contribution < -0.4 is 5.32 Å². The van der Waals surface area contributed by atoms with Crippen LogP contribution in [0.4, 0.5) is 11.4 Å². The van der Waals surface area contributed by atoms with Crippen molar-refractivity contribution in [3.05, 3.63) is 91.9 Å². The second-order valence-electron chi connectivity index (χ2n) is 6.65. The number of rotatable bonds is 7. The Morgan fingerprint density at radius 1 is 0.906 bits per heavy atom. The third-order valence-corrected chi connectivity index (χ3v) is 5.30. The lowest BCUT2D eigenvalue weighted by atomic mass is 9.95. The van der Waals surface area contributed by atoms with Crippen molar-refractivity contribution in [2.24, 2.45) is 0 Å². The SMILES string of the molecule is COC(=O)c1ccccc1-c1ccc(C(=O)OC)c(NCc2ccc(Br)cc2)c1[N+](=O)[O-]. The second kappa shape index (κ2) is 10.1. The zero-order chi connectivity index (χ0) is 23.3. The number of methoxy groups -OCH3 is 2. The van der Waals surface area contributed by atoms with Gasteiger partial charge >= 0.3 is 17.6 Å². The topological polar surface area (TPSA) is 108 Å². The molecule has 0 saturated heterocycles. The average Bonchev–Trinajstić information content (AvgIpc) is 2.81. The van der Waals surface area contributed by atoms with Crippen LogP contribution in [0.15, 0.2) is 65.1 Å². The summed E-state index contributed by atoms with van der Waals surface area (Å²) >= 11 is 3.36. The molecule has 0 unspecified atom stereocenters. The molecular weight excluding hydrogens is 480 g/mol. The number of carbonyl (C=O) groups excluding carboxylic acids is 2. The summed E-state index contributed by atoms with van der Waals surface area (Å²) < 4.78 is 10.5. The molecule has 9 heteroatoms. The summed E-state index contributed by atoms with van der Waals surface area (Å²) in [6.07, 6.45) is 0. The van der Waals surface area contributed by atoms with E-state index in [1.165, 1.54) is 32.4 Å². The first-order valence-electron chi connectivity index (χ1n) is 9.43. The molecule has 8 nitrogen and oxygen atoms in total. The molecule has 0 aromatic heterocycles. The lowest BCUT2D eigenvalue weighted by Crippen LogP contribution is -2.12. The Balaban J connectivity index is 2.19. The van der Waals surface area contributed by atoms with Crippen LogP contribution in [0.3, 0.4) is 0 Å². The molecule has 0 aliphatic carbocycles. The standard InChI is InChI=1S/C23H19BrN2O6/c1-31-22(27)18-6-4-3-5-16(18)17-11-12-19(23(28)32-2)20(21(17)26(29)30)25-13-14-7-9-15(24)10-8-14/h3-12,25H,13H2,1-2H3. The van der Waals surface area contributed by atoms with Crippen LogP contribution >= 0.6 is 15.9 Å². The number of halogens is 1. The summed E-state index contributed by atoms with van der Waals surface area (Å²) in [4.78, 5) is 36.2. The normalized spacial score (nSPS) is 10.3.